The fraction of sp³-hybridized carbons (Fsp3) is 0.606. The summed E-state index contributed by atoms with van der Waals surface area (Å²) in [6.45, 7) is 8.71. The molecule has 8 heteroatoms. The second-order valence-electron chi connectivity index (χ2n) is 13.1. The van der Waals surface area contributed by atoms with E-state index in [1.54, 1.807) is 26.0 Å². The van der Waals surface area contributed by atoms with Crippen LogP contribution in [0.5, 0.6) is 0 Å². The van der Waals surface area contributed by atoms with E-state index in [-0.39, 0.29) is 37.8 Å². The monoisotopic (exact) mass is 566 g/mol. The number of hydrogen-bond acceptors (Lipinski definition) is 8. The molecule has 5 rings (SSSR count). The Morgan fingerprint density at radius 3 is 2.46 bits per heavy atom. The number of carbonyl (C=O) groups excluding carboxylic acids is 3. The van der Waals surface area contributed by atoms with Crippen molar-refractivity contribution in [3.63, 3.8) is 0 Å². The molecule has 8 nitrogen and oxygen atoms in total. The van der Waals surface area contributed by atoms with Crippen LogP contribution in [0.1, 0.15) is 59.4 Å². The van der Waals surface area contributed by atoms with Gasteiger partial charge in [-0.15, -0.1) is 0 Å². The highest BCUT2D eigenvalue weighted by molar-refractivity contribution is 6.04. The lowest BCUT2D eigenvalue weighted by molar-refractivity contribution is -0.187. The number of benzene rings is 1. The van der Waals surface area contributed by atoms with Gasteiger partial charge in [-0.25, -0.2) is 0 Å². The molecule has 4 aliphatic rings. The van der Waals surface area contributed by atoms with E-state index < -0.39 is 64.2 Å². The van der Waals surface area contributed by atoms with Crippen LogP contribution in [-0.2, 0) is 30.3 Å². The fourth-order valence-corrected chi connectivity index (χ4v) is 8.15. The Bertz CT molecular complexity index is 1300. The number of rotatable bonds is 8. The number of carbonyl (C=O) groups is 3. The Morgan fingerprint density at radius 1 is 1.15 bits per heavy atom. The normalized spacial score (nSPS) is 39.8. The van der Waals surface area contributed by atoms with Crippen LogP contribution in [0, 0.1) is 35.0 Å². The van der Waals surface area contributed by atoms with Crippen LogP contribution in [-0.4, -0.2) is 63.1 Å². The molecule has 3 N–H and O–H groups in total. The Morgan fingerprint density at radius 2 is 1.83 bits per heavy atom. The van der Waals surface area contributed by atoms with Gasteiger partial charge in [0.25, 0.3) is 0 Å². The first-order valence-corrected chi connectivity index (χ1v) is 14.7. The average molecular weight is 567 g/mol. The maximum absolute atomic E-state index is 13.4. The molecule has 0 bridgehead atoms. The molecule has 4 aliphatic carbocycles. The van der Waals surface area contributed by atoms with Gasteiger partial charge in [0.2, 0.25) is 0 Å². The zero-order valence-electron chi connectivity index (χ0n) is 24.6. The van der Waals surface area contributed by atoms with E-state index in [0.29, 0.717) is 17.6 Å². The number of esters is 2. The second kappa shape index (κ2) is 10.2. The highest BCUT2D eigenvalue weighted by Gasteiger charge is 2.85. The first-order chi connectivity index (χ1) is 19.3. The summed E-state index contributed by atoms with van der Waals surface area (Å²) in [5.74, 6) is -4.08. The molecule has 41 heavy (non-hydrogen) atoms. The van der Waals surface area contributed by atoms with Crippen LogP contribution < -0.4 is 0 Å². The Hall–Kier alpha value is -2.81. The lowest BCUT2D eigenvalue weighted by atomic mass is 9.60. The van der Waals surface area contributed by atoms with E-state index >= 15 is 0 Å². The van der Waals surface area contributed by atoms with Crippen LogP contribution in [0.3, 0.4) is 0 Å². The summed E-state index contributed by atoms with van der Waals surface area (Å²) in [4.78, 5) is 39.4. The number of hydrogen-bond donors (Lipinski definition) is 3. The van der Waals surface area contributed by atoms with E-state index in [9.17, 15) is 29.7 Å². The van der Waals surface area contributed by atoms with E-state index in [0.717, 1.165) is 5.56 Å². The summed E-state index contributed by atoms with van der Waals surface area (Å²) in [5, 5.41) is 34.6. The molecule has 1 aromatic carbocycles. The molecule has 0 spiro atoms. The number of ketones is 1. The van der Waals surface area contributed by atoms with E-state index in [2.05, 4.69) is 0 Å². The van der Waals surface area contributed by atoms with Crippen molar-refractivity contribution in [2.45, 2.75) is 77.1 Å². The van der Waals surface area contributed by atoms with Gasteiger partial charge in [-0.2, -0.15) is 0 Å². The highest BCUT2D eigenvalue weighted by Crippen LogP contribution is 2.76. The molecule has 0 heterocycles. The summed E-state index contributed by atoms with van der Waals surface area (Å²) < 4.78 is 12.2. The van der Waals surface area contributed by atoms with Crippen molar-refractivity contribution >= 4 is 17.7 Å². The van der Waals surface area contributed by atoms with E-state index in [1.165, 1.54) is 0 Å². The molecule has 0 aromatic heterocycles. The van der Waals surface area contributed by atoms with Crippen molar-refractivity contribution in [2.75, 3.05) is 13.2 Å². The van der Waals surface area contributed by atoms with Gasteiger partial charge in [0.1, 0.15) is 17.8 Å². The van der Waals surface area contributed by atoms with Gasteiger partial charge < -0.3 is 24.8 Å². The summed E-state index contributed by atoms with van der Waals surface area (Å²) in [5.41, 5.74) is -3.71. The van der Waals surface area contributed by atoms with Gasteiger partial charge in [-0.3, -0.25) is 14.4 Å². The standard InChI is InChI=1S/C33H42O8/c1-6-19(2)29(37)40-18-30(5)27-24-13-23(17-34)16-31(38)25(12-20(3)28(31)36)33(24,39)21(4)15-32(27,30)41-26(35)14-22-10-8-7-9-11-22/h7-13,19,21,24-25,27,34,38-39H,6,14-18H2,1-5H3/t19-,21-,24+,25-,27-,30+,31-,32+,33-/m1/s1. The molecule has 0 aliphatic heterocycles. The molecule has 9 atom stereocenters. The first kappa shape index (κ1) is 29.7. The van der Waals surface area contributed by atoms with Crippen molar-refractivity contribution in [1.29, 1.82) is 0 Å². The fourth-order valence-electron chi connectivity index (χ4n) is 8.15. The smallest absolute Gasteiger partial charge is 0.310 e. The van der Waals surface area contributed by atoms with E-state index in [1.807, 2.05) is 51.1 Å². The van der Waals surface area contributed by atoms with Crippen LogP contribution >= 0.6 is 0 Å². The lowest BCUT2D eigenvalue weighted by Gasteiger charge is -2.50. The minimum atomic E-state index is -1.88. The Balaban J connectivity index is 1.57. The molecule has 222 valence electrons. The maximum atomic E-state index is 13.4. The number of fused-ring (bicyclic) bond motifs is 5. The molecule has 2 fully saturated rings. The topological polar surface area (TPSA) is 130 Å². The molecule has 0 radical (unpaired) electrons. The van der Waals surface area contributed by atoms with Gasteiger partial charge in [-0.1, -0.05) is 70.2 Å². The Kier molecular flexibility index (Phi) is 7.36. The summed E-state index contributed by atoms with van der Waals surface area (Å²) >= 11 is 0. The zero-order valence-corrected chi connectivity index (χ0v) is 24.6. The number of Topliss-reactive ketones (excluding diaryl/α,β-unsaturated/α-hetero) is 1. The number of aliphatic hydroxyl groups excluding tert-OH is 1. The zero-order chi connectivity index (χ0) is 30.0. The largest absolute Gasteiger partial charge is 0.465 e. The third-order valence-corrected chi connectivity index (χ3v) is 10.7. The van der Waals surface area contributed by atoms with Crippen LogP contribution in [0.15, 0.2) is 53.6 Å². The minimum absolute atomic E-state index is 0.0101. The lowest BCUT2D eigenvalue weighted by Crippen LogP contribution is -2.61. The van der Waals surface area contributed by atoms with Crippen LogP contribution in [0.4, 0.5) is 0 Å². The third kappa shape index (κ3) is 4.33. The summed E-state index contributed by atoms with van der Waals surface area (Å²) in [6.07, 6.45) is 4.29. The van der Waals surface area contributed by atoms with Crippen molar-refractivity contribution in [3.8, 4) is 0 Å². The molecule has 2 saturated carbocycles. The van der Waals surface area contributed by atoms with Crippen LogP contribution in [0.25, 0.3) is 0 Å². The summed E-state index contributed by atoms with van der Waals surface area (Å²) in [6, 6.07) is 9.29. The number of ether oxygens (including phenoxy) is 2. The van der Waals surface area contributed by atoms with Gasteiger partial charge in [0, 0.05) is 29.6 Å². The third-order valence-electron chi connectivity index (χ3n) is 10.7. The molecular weight excluding hydrogens is 524 g/mol. The molecule has 0 unspecified atom stereocenters. The predicted molar refractivity (Wildman–Crippen MR) is 150 cm³/mol. The van der Waals surface area contributed by atoms with Crippen molar-refractivity contribution < 1.29 is 39.2 Å². The quantitative estimate of drug-likeness (QED) is 0.323. The van der Waals surface area contributed by atoms with Crippen molar-refractivity contribution in [1.82, 2.24) is 0 Å². The molecule has 0 amide bonds. The van der Waals surface area contributed by atoms with Gasteiger partial charge in [0.05, 0.1) is 24.5 Å². The maximum Gasteiger partial charge on any atom is 0.310 e. The molecule has 1 aromatic rings. The van der Waals surface area contributed by atoms with Gasteiger partial charge >= 0.3 is 11.9 Å². The average Bonchev–Trinajstić information content (AvgIpc) is 3.39. The molecular formula is C33H42O8. The predicted octanol–water partition coefficient (Wildman–Crippen LogP) is 3.32. The van der Waals surface area contributed by atoms with E-state index in [4.69, 9.17) is 9.47 Å². The first-order valence-electron chi connectivity index (χ1n) is 14.7. The van der Waals surface area contributed by atoms with Gasteiger partial charge in [-0.05, 0) is 42.4 Å². The summed E-state index contributed by atoms with van der Waals surface area (Å²) in [7, 11) is 0. The Labute approximate surface area is 241 Å². The minimum Gasteiger partial charge on any atom is -0.465 e. The number of aliphatic hydroxyl groups is 3. The molecule has 0 saturated heterocycles. The SMILES string of the molecule is CC[C@@H](C)C(=O)OC[C@@]1(C)[C@H]2[C@@H]3C=C(CO)C[C@]4(O)C(=O)C(C)=C[C@H]4[C@@]3(O)[C@H](C)C[C@]21OC(=O)Cc1ccccc1. The van der Waals surface area contributed by atoms with Crippen molar-refractivity contribution in [2.24, 2.45) is 35.0 Å². The second-order valence-corrected chi connectivity index (χ2v) is 13.1. The van der Waals surface area contributed by atoms with Crippen LogP contribution in [0.2, 0.25) is 0 Å². The highest BCUT2D eigenvalue weighted by atomic mass is 16.6. The van der Waals surface area contributed by atoms with Crippen molar-refractivity contribution in [3.05, 3.63) is 59.2 Å². The van der Waals surface area contributed by atoms with Gasteiger partial charge in [0.15, 0.2) is 5.78 Å².